The molecule has 2 aromatic carbocycles. The molecule has 0 aliphatic carbocycles. The van der Waals surface area contributed by atoms with Crippen LogP contribution in [0.25, 0.3) is 10.8 Å². The molecule has 1 heterocycles. The number of carbonyl (C=O) groups excluding carboxylic acids is 1. The third kappa shape index (κ3) is 3.72. The zero-order valence-corrected chi connectivity index (χ0v) is 14.2. The normalized spacial score (nSPS) is 10.8. The Morgan fingerprint density at radius 1 is 1.12 bits per heavy atom. The Kier molecular flexibility index (Phi) is 4.97. The van der Waals surface area contributed by atoms with E-state index in [4.69, 9.17) is 0 Å². The van der Waals surface area contributed by atoms with E-state index in [0.29, 0.717) is 16.3 Å². The minimum absolute atomic E-state index is 0.0417. The molecule has 0 fully saturated rings. The average Bonchev–Trinajstić information content (AvgIpc) is 2.63. The highest BCUT2D eigenvalue weighted by Gasteiger charge is 2.12. The lowest BCUT2D eigenvalue weighted by atomic mass is 10.2. The number of hydrogen-bond acceptors (Lipinski definition) is 3. The Balaban J connectivity index is 1.71. The Labute approximate surface area is 148 Å². The molecular formula is C19H18FN3O3. The topological polar surface area (TPSA) is 75.2 Å². The number of carbonyl (C=O) groups is 1. The van der Waals surface area contributed by atoms with Crippen LogP contribution in [0.15, 0.2) is 58.1 Å². The number of benzene rings is 2. The van der Waals surface area contributed by atoms with Crippen molar-refractivity contribution in [1.82, 2.24) is 14.7 Å². The first-order chi connectivity index (χ1) is 12.5. The van der Waals surface area contributed by atoms with Crippen molar-refractivity contribution in [3.63, 3.8) is 0 Å². The fourth-order valence-electron chi connectivity index (χ4n) is 2.80. The minimum atomic E-state index is -0.374. The Hall–Kier alpha value is -3.22. The predicted octanol–water partition coefficient (Wildman–Crippen LogP) is 1.88. The van der Waals surface area contributed by atoms with Gasteiger partial charge in [-0.25, -0.2) is 9.07 Å². The summed E-state index contributed by atoms with van der Waals surface area (Å²) in [6, 6.07) is 12.6. The minimum Gasteiger partial charge on any atom is -0.341 e. The van der Waals surface area contributed by atoms with E-state index in [9.17, 15) is 18.8 Å². The number of H-pyrrole nitrogens is 1. The van der Waals surface area contributed by atoms with Gasteiger partial charge in [0.1, 0.15) is 5.82 Å². The number of fused-ring (bicyclic) bond motifs is 1. The number of hydrogen-bond donors (Lipinski definition) is 1. The molecule has 0 saturated heterocycles. The molecule has 0 aliphatic rings. The molecular weight excluding hydrogens is 337 g/mol. The summed E-state index contributed by atoms with van der Waals surface area (Å²) in [6.07, 6.45) is 0.0417. The fraction of sp³-hybridized carbons (Fsp3) is 0.211. The molecule has 134 valence electrons. The molecule has 3 rings (SSSR count). The monoisotopic (exact) mass is 355 g/mol. The third-order valence-corrected chi connectivity index (χ3v) is 4.17. The van der Waals surface area contributed by atoms with Crippen LogP contribution < -0.4 is 11.1 Å². The summed E-state index contributed by atoms with van der Waals surface area (Å²) in [5, 5.41) is 3.14. The van der Waals surface area contributed by atoms with Gasteiger partial charge in [-0.3, -0.25) is 19.5 Å². The molecule has 1 aromatic heterocycles. The lowest BCUT2D eigenvalue weighted by Crippen LogP contribution is -2.33. The first kappa shape index (κ1) is 17.6. The van der Waals surface area contributed by atoms with Gasteiger partial charge in [-0.15, -0.1) is 0 Å². The van der Waals surface area contributed by atoms with Crippen molar-refractivity contribution in [3.8, 4) is 0 Å². The summed E-state index contributed by atoms with van der Waals surface area (Å²) >= 11 is 0. The van der Waals surface area contributed by atoms with Gasteiger partial charge in [0.25, 0.3) is 11.1 Å². The van der Waals surface area contributed by atoms with Crippen molar-refractivity contribution in [3.05, 3.63) is 80.6 Å². The van der Waals surface area contributed by atoms with Crippen LogP contribution in [-0.4, -0.2) is 27.6 Å². The van der Waals surface area contributed by atoms with Crippen LogP contribution in [0.1, 0.15) is 12.0 Å². The lowest BCUT2D eigenvalue weighted by molar-refractivity contribution is -0.130. The number of aryl methyl sites for hydroxylation is 1. The van der Waals surface area contributed by atoms with Crippen LogP contribution in [0.2, 0.25) is 0 Å². The standard InChI is InChI=1S/C19H18FN3O3/c1-22(12-13-5-4-6-14(20)11-13)17(24)9-10-23-19(26)16-8-3-2-7-15(16)18(25)21-23/h2-8,11H,9-10,12H2,1H3,(H,21,25). The number of halogens is 1. The van der Waals surface area contributed by atoms with Crippen LogP contribution >= 0.6 is 0 Å². The molecule has 0 spiro atoms. The largest absolute Gasteiger partial charge is 0.341 e. The van der Waals surface area contributed by atoms with E-state index in [1.54, 1.807) is 43.4 Å². The van der Waals surface area contributed by atoms with Crippen molar-refractivity contribution < 1.29 is 9.18 Å². The van der Waals surface area contributed by atoms with Crippen LogP contribution in [-0.2, 0) is 17.9 Å². The maximum Gasteiger partial charge on any atom is 0.273 e. The Morgan fingerprint density at radius 2 is 1.85 bits per heavy atom. The van der Waals surface area contributed by atoms with Crippen molar-refractivity contribution in [2.75, 3.05) is 7.05 Å². The van der Waals surface area contributed by atoms with Crippen LogP contribution in [0, 0.1) is 5.82 Å². The Bertz CT molecular complexity index is 1070. The van der Waals surface area contributed by atoms with Gasteiger partial charge in [-0.2, -0.15) is 0 Å². The maximum atomic E-state index is 13.2. The van der Waals surface area contributed by atoms with E-state index in [-0.39, 0.29) is 42.4 Å². The number of nitrogens with zero attached hydrogens (tertiary/aromatic N) is 2. The number of amides is 1. The van der Waals surface area contributed by atoms with Crippen molar-refractivity contribution in [2.24, 2.45) is 0 Å². The molecule has 0 aliphatic heterocycles. The summed E-state index contributed by atoms with van der Waals surface area (Å²) in [6.45, 7) is 0.324. The second-order valence-electron chi connectivity index (χ2n) is 6.07. The van der Waals surface area contributed by atoms with Gasteiger partial charge in [-0.05, 0) is 29.8 Å². The van der Waals surface area contributed by atoms with Gasteiger partial charge < -0.3 is 4.90 Å². The molecule has 26 heavy (non-hydrogen) atoms. The lowest BCUT2D eigenvalue weighted by Gasteiger charge is -2.17. The van der Waals surface area contributed by atoms with E-state index in [0.717, 1.165) is 4.68 Å². The van der Waals surface area contributed by atoms with Gasteiger partial charge in [0.2, 0.25) is 5.91 Å². The quantitative estimate of drug-likeness (QED) is 0.759. The molecule has 0 atom stereocenters. The number of aromatic nitrogens is 2. The zero-order chi connectivity index (χ0) is 18.7. The molecule has 0 radical (unpaired) electrons. The van der Waals surface area contributed by atoms with Gasteiger partial charge >= 0.3 is 0 Å². The molecule has 7 heteroatoms. The number of rotatable bonds is 5. The molecule has 6 nitrogen and oxygen atoms in total. The second kappa shape index (κ2) is 7.35. The van der Waals surface area contributed by atoms with Crippen molar-refractivity contribution in [1.29, 1.82) is 0 Å². The number of aromatic amines is 1. The molecule has 3 aromatic rings. The summed E-state index contributed by atoms with van der Waals surface area (Å²) in [5.41, 5.74) is -0.0429. The van der Waals surface area contributed by atoms with Crippen molar-refractivity contribution in [2.45, 2.75) is 19.5 Å². The highest BCUT2D eigenvalue weighted by molar-refractivity contribution is 5.80. The summed E-state index contributed by atoms with van der Waals surface area (Å²) in [7, 11) is 1.61. The van der Waals surface area contributed by atoms with Gasteiger partial charge in [0.05, 0.1) is 17.3 Å². The SMILES string of the molecule is CN(Cc1cccc(F)c1)C(=O)CCn1[nH]c(=O)c2ccccc2c1=O. The van der Waals surface area contributed by atoms with E-state index in [2.05, 4.69) is 5.10 Å². The van der Waals surface area contributed by atoms with Crippen LogP contribution in [0.3, 0.4) is 0 Å². The maximum absolute atomic E-state index is 13.2. The van der Waals surface area contributed by atoms with Crippen molar-refractivity contribution >= 4 is 16.7 Å². The van der Waals surface area contributed by atoms with E-state index < -0.39 is 0 Å². The highest BCUT2D eigenvalue weighted by Crippen LogP contribution is 2.07. The van der Waals surface area contributed by atoms with Gasteiger partial charge in [-0.1, -0.05) is 24.3 Å². The summed E-state index contributed by atoms with van der Waals surface area (Å²) in [4.78, 5) is 38.2. The van der Waals surface area contributed by atoms with E-state index >= 15 is 0 Å². The van der Waals surface area contributed by atoms with Crippen LogP contribution in [0.5, 0.6) is 0 Å². The second-order valence-corrected chi connectivity index (χ2v) is 6.07. The molecule has 0 unspecified atom stereocenters. The Morgan fingerprint density at radius 3 is 2.58 bits per heavy atom. The highest BCUT2D eigenvalue weighted by atomic mass is 19.1. The first-order valence-electron chi connectivity index (χ1n) is 8.16. The van der Waals surface area contributed by atoms with E-state index in [1.165, 1.54) is 17.0 Å². The summed E-state index contributed by atoms with van der Waals surface area (Å²) < 4.78 is 14.4. The van der Waals surface area contributed by atoms with Gasteiger partial charge in [0, 0.05) is 20.0 Å². The molecule has 0 bridgehead atoms. The zero-order valence-electron chi connectivity index (χ0n) is 14.2. The molecule has 0 saturated carbocycles. The smallest absolute Gasteiger partial charge is 0.273 e. The van der Waals surface area contributed by atoms with E-state index in [1.807, 2.05) is 0 Å². The summed E-state index contributed by atoms with van der Waals surface area (Å²) in [5.74, 6) is -0.571. The average molecular weight is 355 g/mol. The predicted molar refractivity (Wildman–Crippen MR) is 96.3 cm³/mol. The van der Waals surface area contributed by atoms with Gasteiger partial charge in [0.15, 0.2) is 0 Å². The molecule has 1 amide bonds. The third-order valence-electron chi connectivity index (χ3n) is 4.17. The number of nitrogens with one attached hydrogen (secondary N) is 1. The first-order valence-corrected chi connectivity index (χ1v) is 8.16. The molecule has 1 N–H and O–H groups in total. The van der Waals surface area contributed by atoms with Crippen LogP contribution in [0.4, 0.5) is 4.39 Å². The fourth-order valence-corrected chi connectivity index (χ4v) is 2.80.